The number of aromatic nitrogens is 1. The molecule has 17 heavy (non-hydrogen) atoms. The van der Waals surface area contributed by atoms with E-state index in [9.17, 15) is 4.39 Å². The van der Waals surface area contributed by atoms with E-state index in [2.05, 4.69) is 10.3 Å². The van der Waals surface area contributed by atoms with Crippen molar-refractivity contribution in [1.29, 1.82) is 0 Å². The van der Waals surface area contributed by atoms with Crippen molar-refractivity contribution in [3.8, 4) is 0 Å². The van der Waals surface area contributed by atoms with Crippen LogP contribution in [0.3, 0.4) is 0 Å². The fraction of sp³-hybridized carbons (Fsp3) is 0.154. The predicted octanol–water partition coefficient (Wildman–Crippen LogP) is 3.18. The van der Waals surface area contributed by atoms with E-state index in [1.54, 1.807) is 6.07 Å². The fourth-order valence-corrected chi connectivity index (χ4v) is 1.93. The first-order valence-corrected chi connectivity index (χ1v) is 5.62. The number of pyridine rings is 1. The molecule has 2 rings (SSSR count). The first-order chi connectivity index (χ1) is 8.20. The van der Waals surface area contributed by atoms with E-state index in [4.69, 9.17) is 11.6 Å². The monoisotopic (exact) mass is 250 g/mol. The quantitative estimate of drug-likeness (QED) is 0.905. The minimum atomic E-state index is -0.338. The van der Waals surface area contributed by atoms with Gasteiger partial charge in [-0.15, -0.1) is 0 Å². The molecule has 0 saturated carbocycles. The molecule has 1 aromatic carbocycles. The highest BCUT2D eigenvalue weighted by molar-refractivity contribution is 6.30. The summed E-state index contributed by atoms with van der Waals surface area (Å²) in [5, 5.41) is 3.81. The Morgan fingerprint density at radius 2 is 2.12 bits per heavy atom. The van der Waals surface area contributed by atoms with Gasteiger partial charge in [-0.05, 0) is 36.9 Å². The molecule has 0 aliphatic heterocycles. The number of halogens is 2. The second-order valence-corrected chi connectivity index (χ2v) is 4.11. The second kappa shape index (κ2) is 5.25. The highest BCUT2D eigenvalue weighted by Gasteiger charge is 2.13. The number of nitrogens with zero attached hydrogens (tertiary/aromatic N) is 1. The molecule has 0 fully saturated rings. The Hall–Kier alpha value is -1.45. The third kappa shape index (κ3) is 2.81. The van der Waals surface area contributed by atoms with E-state index in [-0.39, 0.29) is 11.9 Å². The Balaban J connectivity index is 2.36. The smallest absolute Gasteiger partial charge is 0.141 e. The van der Waals surface area contributed by atoms with Crippen LogP contribution in [-0.2, 0) is 0 Å². The highest BCUT2D eigenvalue weighted by Crippen LogP contribution is 2.22. The van der Waals surface area contributed by atoms with Crippen molar-refractivity contribution in [2.24, 2.45) is 0 Å². The highest BCUT2D eigenvalue weighted by atomic mass is 35.5. The van der Waals surface area contributed by atoms with Gasteiger partial charge in [-0.2, -0.15) is 0 Å². The largest absolute Gasteiger partial charge is 0.308 e. The topological polar surface area (TPSA) is 24.9 Å². The maximum Gasteiger partial charge on any atom is 0.141 e. The summed E-state index contributed by atoms with van der Waals surface area (Å²) in [7, 11) is 1.83. The average Bonchev–Trinajstić information content (AvgIpc) is 2.33. The van der Waals surface area contributed by atoms with Crippen molar-refractivity contribution in [2.45, 2.75) is 6.04 Å². The van der Waals surface area contributed by atoms with Crippen molar-refractivity contribution in [3.63, 3.8) is 0 Å². The summed E-state index contributed by atoms with van der Waals surface area (Å²) in [5.74, 6) is -0.338. The van der Waals surface area contributed by atoms with Crippen molar-refractivity contribution >= 4 is 11.6 Å². The molecular weight excluding hydrogens is 239 g/mol. The van der Waals surface area contributed by atoms with Crippen LogP contribution in [0, 0.1) is 5.82 Å². The van der Waals surface area contributed by atoms with E-state index in [0.29, 0.717) is 5.02 Å². The zero-order valence-corrected chi connectivity index (χ0v) is 10.1. The third-order valence-electron chi connectivity index (χ3n) is 2.52. The van der Waals surface area contributed by atoms with Crippen molar-refractivity contribution in [2.75, 3.05) is 7.05 Å². The minimum absolute atomic E-state index is 0.0886. The zero-order chi connectivity index (χ0) is 12.3. The molecule has 1 N–H and O–H groups in total. The summed E-state index contributed by atoms with van der Waals surface area (Å²) in [6.45, 7) is 0. The first kappa shape index (κ1) is 12.0. The minimum Gasteiger partial charge on any atom is -0.308 e. The molecule has 1 atom stereocenters. The van der Waals surface area contributed by atoms with Crippen molar-refractivity contribution in [3.05, 3.63) is 64.7 Å². The van der Waals surface area contributed by atoms with Crippen LogP contribution in [0.4, 0.5) is 4.39 Å². The van der Waals surface area contributed by atoms with Gasteiger partial charge in [-0.3, -0.25) is 4.98 Å². The standard InChI is InChI=1S/C13H12ClFN2/c1-16-13(9-3-2-4-10(14)7-9)12-6-5-11(15)8-17-12/h2-8,13,16H,1H3. The van der Waals surface area contributed by atoms with Crippen LogP contribution in [0.15, 0.2) is 42.6 Å². The molecular formula is C13H12ClFN2. The molecule has 88 valence electrons. The number of hydrogen-bond donors (Lipinski definition) is 1. The second-order valence-electron chi connectivity index (χ2n) is 3.68. The van der Waals surface area contributed by atoms with Crippen LogP contribution in [0.2, 0.25) is 5.02 Å². The van der Waals surface area contributed by atoms with Crippen LogP contribution >= 0.6 is 11.6 Å². The fourth-order valence-electron chi connectivity index (χ4n) is 1.73. The number of nitrogens with one attached hydrogen (secondary N) is 1. The molecule has 1 unspecified atom stereocenters. The third-order valence-corrected chi connectivity index (χ3v) is 2.75. The normalized spacial score (nSPS) is 12.4. The molecule has 1 aromatic heterocycles. The van der Waals surface area contributed by atoms with Gasteiger partial charge in [-0.1, -0.05) is 23.7 Å². The van der Waals surface area contributed by atoms with Crippen LogP contribution in [0.25, 0.3) is 0 Å². The molecule has 0 spiro atoms. The van der Waals surface area contributed by atoms with Crippen LogP contribution in [0.5, 0.6) is 0 Å². The predicted molar refractivity (Wildman–Crippen MR) is 66.5 cm³/mol. The summed E-state index contributed by atoms with van der Waals surface area (Å²) in [4.78, 5) is 4.07. The molecule has 0 saturated heterocycles. The summed E-state index contributed by atoms with van der Waals surface area (Å²) in [5.41, 5.74) is 1.76. The Morgan fingerprint density at radius 1 is 1.29 bits per heavy atom. The van der Waals surface area contributed by atoms with Gasteiger partial charge in [0.05, 0.1) is 17.9 Å². The lowest BCUT2D eigenvalue weighted by atomic mass is 10.0. The number of rotatable bonds is 3. The van der Waals surface area contributed by atoms with Gasteiger partial charge in [0.25, 0.3) is 0 Å². The molecule has 0 amide bonds. The summed E-state index contributed by atoms with van der Waals surface area (Å²) in [6.07, 6.45) is 1.21. The Kier molecular flexibility index (Phi) is 3.71. The maximum atomic E-state index is 12.8. The first-order valence-electron chi connectivity index (χ1n) is 5.25. The Bertz CT molecular complexity index is 499. The van der Waals surface area contributed by atoms with Crippen LogP contribution in [-0.4, -0.2) is 12.0 Å². The SMILES string of the molecule is CNC(c1cccc(Cl)c1)c1ccc(F)cn1. The average molecular weight is 251 g/mol. The van der Waals surface area contributed by atoms with Gasteiger partial charge < -0.3 is 5.32 Å². The van der Waals surface area contributed by atoms with Gasteiger partial charge in [0.15, 0.2) is 0 Å². The lowest BCUT2D eigenvalue weighted by molar-refractivity contribution is 0.610. The van der Waals surface area contributed by atoms with Crippen molar-refractivity contribution < 1.29 is 4.39 Å². The molecule has 0 aliphatic rings. The van der Waals surface area contributed by atoms with E-state index < -0.39 is 0 Å². The molecule has 2 aromatic rings. The molecule has 1 heterocycles. The van der Waals surface area contributed by atoms with Crippen LogP contribution in [0.1, 0.15) is 17.3 Å². The van der Waals surface area contributed by atoms with Gasteiger partial charge in [0.1, 0.15) is 5.82 Å². The molecule has 0 bridgehead atoms. The number of benzene rings is 1. The zero-order valence-electron chi connectivity index (χ0n) is 9.32. The van der Waals surface area contributed by atoms with Gasteiger partial charge >= 0.3 is 0 Å². The summed E-state index contributed by atoms with van der Waals surface area (Å²) in [6, 6.07) is 10.5. The molecule has 0 aliphatic carbocycles. The Labute approximate surface area is 104 Å². The molecule has 0 radical (unpaired) electrons. The molecule has 4 heteroatoms. The van der Waals surface area contributed by atoms with E-state index in [0.717, 1.165) is 11.3 Å². The van der Waals surface area contributed by atoms with Gasteiger partial charge in [0.2, 0.25) is 0 Å². The van der Waals surface area contributed by atoms with Crippen molar-refractivity contribution in [1.82, 2.24) is 10.3 Å². The van der Waals surface area contributed by atoms with E-state index >= 15 is 0 Å². The summed E-state index contributed by atoms with van der Waals surface area (Å²) >= 11 is 5.95. The number of hydrogen-bond acceptors (Lipinski definition) is 2. The van der Waals surface area contributed by atoms with Crippen LogP contribution < -0.4 is 5.32 Å². The Morgan fingerprint density at radius 3 is 2.71 bits per heavy atom. The van der Waals surface area contributed by atoms with E-state index in [1.807, 2.05) is 31.3 Å². The lowest BCUT2D eigenvalue weighted by Gasteiger charge is -2.16. The lowest BCUT2D eigenvalue weighted by Crippen LogP contribution is -2.18. The summed E-state index contributed by atoms with van der Waals surface area (Å²) < 4.78 is 12.8. The maximum absolute atomic E-state index is 12.8. The van der Waals surface area contributed by atoms with E-state index in [1.165, 1.54) is 12.3 Å². The van der Waals surface area contributed by atoms with Gasteiger partial charge in [0, 0.05) is 5.02 Å². The molecule has 2 nitrogen and oxygen atoms in total. The van der Waals surface area contributed by atoms with Gasteiger partial charge in [-0.25, -0.2) is 4.39 Å².